The first-order chi connectivity index (χ1) is 12.0. The Morgan fingerprint density at radius 2 is 1.76 bits per heavy atom. The smallest absolute Gasteiger partial charge is 0.307 e. The molecule has 2 aromatic rings. The van der Waals surface area contributed by atoms with Gasteiger partial charge < -0.3 is 10.1 Å². The first-order valence-corrected chi connectivity index (χ1v) is 9.25. The summed E-state index contributed by atoms with van der Waals surface area (Å²) in [6, 6.07) is 15.3. The van der Waals surface area contributed by atoms with Gasteiger partial charge in [-0.1, -0.05) is 41.4 Å². The number of nitrogens with one attached hydrogen (secondary N) is 1. The van der Waals surface area contributed by atoms with Crippen LogP contribution in [0.1, 0.15) is 17.5 Å². The maximum absolute atomic E-state index is 11.7. The molecule has 0 spiro atoms. The van der Waals surface area contributed by atoms with Crippen LogP contribution in [0.25, 0.3) is 0 Å². The van der Waals surface area contributed by atoms with Crippen LogP contribution in [0, 0.1) is 6.92 Å². The average molecular weight is 378 g/mol. The lowest BCUT2D eigenvalue weighted by Crippen LogP contribution is -2.28. The molecule has 6 heteroatoms. The zero-order valence-electron chi connectivity index (χ0n) is 14.0. The van der Waals surface area contributed by atoms with E-state index < -0.39 is 0 Å². The number of thioether (sulfide) groups is 1. The van der Waals surface area contributed by atoms with Gasteiger partial charge in [0, 0.05) is 22.2 Å². The summed E-state index contributed by atoms with van der Waals surface area (Å²) in [7, 11) is 0. The van der Waals surface area contributed by atoms with Crippen LogP contribution in [0.4, 0.5) is 0 Å². The molecule has 0 aliphatic rings. The van der Waals surface area contributed by atoms with Crippen LogP contribution in [-0.2, 0) is 20.9 Å². The molecular weight excluding hydrogens is 358 g/mol. The lowest BCUT2D eigenvalue weighted by atomic mass is 10.2. The Labute approximate surface area is 156 Å². The molecule has 0 saturated heterocycles. The summed E-state index contributed by atoms with van der Waals surface area (Å²) in [5.74, 6) is -0.0791. The summed E-state index contributed by atoms with van der Waals surface area (Å²) < 4.78 is 4.98. The van der Waals surface area contributed by atoms with Gasteiger partial charge in [0.25, 0.3) is 5.91 Å². The number of hydrogen-bond acceptors (Lipinski definition) is 4. The number of amides is 1. The minimum absolute atomic E-state index is 0.262. The molecule has 0 atom stereocenters. The molecule has 0 aliphatic carbocycles. The molecule has 25 heavy (non-hydrogen) atoms. The number of hydrogen-bond donors (Lipinski definition) is 1. The second-order valence-corrected chi connectivity index (χ2v) is 7.08. The molecule has 0 fully saturated rings. The van der Waals surface area contributed by atoms with E-state index in [1.54, 1.807) is 23.9 Å². The van der Waals surface area contributed by atoms with Crippen molar-refractivity contribution >= 4 is 35.2 Å². The highest BCUT2D eigenvalue weighted by Crippen LogP contribution is 2.19. The van der Waals surface area contributed by atoms with Gasteiger partial charge in [-0.15, -0.1) is 11.8 Å². The summed E-state index contributed by atoms with van der Waals surface area (Å²) >= 11 is 7.39. The number of esters is 1. The third-order valence-electron chi connectivity index (χ3n) is 3.36. The van der Waals surface area contributed by atoms with Crippen molar-refractivity contribution in [1.82, 2.24) is 5.32 Å². The van der Waals surface area contributed by atoms with Crippen molar-refractivity contribution in [2.45, 2.75) is 24.8 Å². The van der Waals surface area contributed by atoms with Gasteiger partial charge in [0.15, 0.2) is 6.61 Å². The van der Waals surface area contributed by atoms with Crippen LogP contribution in [0.3, 0.4) is 0 Å². The van der Waals surface area contributed by atoms with E-state index in [4.69, 9.17) is 16.3 Å². The molecule has 0 heterocycles. The number of halogens is 1. The second-order valence-electron chi connectivity index (χ2n) is 5.48. The maximum Gasteiger partial charge on any atom is 0.307 e. The predicted octanol–water partition coefficient (Wildman–Crippen LogP) is 3.99. The van der Waals surface area contributed by atoms with E-state index >= 15 is 0 Å². The van der Waals surface area contributed by atoms with Crippen molar-refractivity contribution in [3.63, 3.8) is 0 Å². The van der Waals surface area contributed by atoms with Gasteiger partial charge in [-0.2, -0.15) is 0 Å². The molecule has 2 aromatic carbocycles. The lowest BCUT2D eigenvalue weighted by Gasteiger charge is -2.07. The summed E-state index contributed by atoms with van der Waals surface area (Å²) in [6.07, 6.45) is 0.267. The largest absolute Gasteiger partial charge is 0.456 e. The van der Waals surface area contributed by atoms with E-state index in [1.807, 2.05) is 43.3 Å². The van der Waals surface area contributed by atoms with Crippen LogP contribution >= 0.6 is 23.4 Å². The maximum atomic E-state index is 11.7. The topological polar surface area (TPSA) is 55.4 Å². The van der Waals surface area contributed by atoms with E-state index in [0.717, 1.165) is 10.5 Å². The Morgan fingerprint density at radius 1 is 1.08 bits per heavy atom. The molecule has 1 N–H and O–H groups in total. The van der Waals surface area contributed by atoms with Crippen molar-refractivity contribution in [3.05, 3.63) is 64.7 Å². The van der Waals surface area contributed by atoms with Crippen molar-refractivity contribution in [1.29, 1.82) is 0 Å². The molecule has 0 aromatic heterocycles. The van der Waals surface area contributed by atoms with E-state index in [9.17, 15) is 9.59 Å². The highest BCUT2D eigenvalue weighted by Gasteiger charge is 2.08. The molecule has 0 aliphatic heterocycles. The third kappa shape index (κ3) is 7.63. The van der Waals surface area contributed by atoms with Gasteiger partial charge >= 0.3 is 5.97 Å². The van der Waals surface area contributed by atoms with E-state index in [-0.39, 0.29) is 24.9 Å². The molecule has 0 radical (unpaired) electrons. The molecule has 2 rings (SSSR count). The molecule has 0 unspecified atom stereocenters. The van der Waals surface area contributed by atoms with E-state index in [0.29, 0.717) is 17.3 Å². The van der Waals surface area contributed by atoms with E-state index in [2.05, 4.69) is 5.32 Å². The Bertz CT molecular complexity index is 702. The highest BCUT2D eigenvalue weighted by molar-refractivity contribution is 7.99. The summed E-state index contributed by atoms with van der Waals surface area (Å²) in [6.45, 7) is 2.14. The monoisotopic (exact) mass is 377 g/mol. The Hall–Kier alpha value is -1.98. The Kier molecular flexibility index (Phi) is 7.82. The van der Waals surface area contributed by atoms with Crippen LogP contribution in [0.2, 0.25) is 5.02 Å². The fourth-order valence-corrected chi connectivity index (χ4v) is 2.92. The minimum Gasteiger partial charge on any atom is -0.456 e. The van der Waals surface area contributed by atoms with Gasteiger partial charge in [-0.25, -0.2) is 0 Å². The van der Waals surface area contributed by atoms with Crippen molar-refractivity contribution in [2.75, 3.05) is 12.4 Å². The zero-order chi connectivity index (χ0) is 18.1. The number of ether oxygens (including phenoxy) is 1. The predicted molar refractivity (Wildman–Crippen MR) is 101 cm³/mol. The highest BCUT2D eigenvalue weighted by atomic mass is 35.5. The first-order valence-electron chi connectivity index (χ1n) is 7.89. The molecular formula is C19H20ClNO3S. The first kappa shape index (κ1) is 19.3. The van der Waals surface area contributed by atoms with Crippen LogP contribution in [-0.4, -0.2) is 24.2 Å². The van der Waals surface area contributed by atoms with Gasteiger partial charge in [0.1, 0.15) is 0 Å². The number of rotatable bonds is 8. The Morgan fingerprint density at radius 3 is 2.44 bits per heavy atom. The number of carbonyl (C=O) groups is 2. The van der Waals surface area contributed by atoms with E-state index in [1.165, 1.54) is 5.56 Å². The van der Waals surface area contributed by atoms with Crippen LogP contribution < -0.4 is 5.32 Å². The van der Waals surface area contributed by atoms with Gasteiger partial charge in [0.05, 0.1) is 6.42 Å². The van der Waals surface area contributed by atoms with Crippen molar-refractivity contribution < 1.29 is 14.3 Å². The summed E-state index contributed by atoms with van der Waals surface area (Å²) in [4.78, 5) is 24.5. The fourth-order valence-electron chi connectivity index (χ4n) is 1.96. The normalized spacial score (nSPS) is 10.3. The third-order valence-corrected chi connectivity index (χ3v) is 4.63. The minimum atomic E-state index is -0.374. The Balaban J connectivity index is 1.59. The second kappa shape index (κ2) is 10.1. The molecule has 4 nitrogen and oxygen atoms in total. The van der Waals surface area contributed by atoms with Crippen LogP contribution in [0.5, 0.6) is 0 Å². The SMILES string of the molecule is Cc1ccc(SCCC(=O)OCC(=O)NCc2ccc(Cl)cc2)cc1. The van der Waals surface area contributed by atoms with Gasteiger partial charge in [0.2, 0.25) is 0 Å². The molecule has 132 valence electrons. The van der Waals surface area contributed by atoms with Gasteiger partial charge in [-0.3, -0.25) is 9.59 Å². The zero-order valence-corrected chi connectivity index (χ0v) is 15.5. The van der Waals surface area contributed by atoms with Crippen molar-refractivity contribution in [3.8, 4) is 0 Å². The molecule has 0 saturated carbocycles. The van der Waals surface area contributed by atoms with Gasteiger partial charge in [-0.05, 0) is 36.8 Å². The number of aryl methyl sites for hydroxylation is 1. The number of benzene rings is 2. The average Bonchev–Trinajstić information content (AvgIpc) is 2.61. The standard InChI is InChI=1S/C19H20ClNO3S/c1-14-2-8-17(9-3-14)25-11-10-19(23)24-13-18(22)21-12-15-4-6-16(20)7-5-15/h2-9H,10-13H2,1H3,(H,21,22). The quantitative estimate of drug-likeness (QED) is 0.558. The number of carbonyl (C=O) groups excluding carboxylic acids is 2. The van der Waals surface area contributed by atoms with Crippen LogP contribution in [0.15, 0.2) is 53.4 Å². The fraction of sp³-hybridized carbons (Fsp3) is 0.263. The molecule has 0 bridgehead atoms. The summed E-state index contributed by atoms with van der Waals surface area (Å²) in [5, 5.41) is 3.34. The van der Waals surface area contributed by atoms with Crippen molar-refractivity contribution in [2.24, 2.45) is 0 Å². The summed E-state index contributed by atoms with van der Waals surface area (Å²) in [5.41, 5.74) is 2.13. The molecule has 1 amide bonds. The lowest BCUT2D eigenvalue weighted by molar-refractivity contribution is -0.148.